The van der Waals surface area contributed by atoms with Crippen molar-refractivity contribution >= 4 is 29.4 Å². The molecule has 0 radical (unpaired) electrons. The normalized spacial score (nSPS) is 22.3. The molecule has 0 bridgehead atoms. The minimum absolute atomic E-state index is 0.00909. The van der Waals surface area contributed by atoms with Crippen LogP contribution in [0.5, 0.6) is 0 Å². The van der Waals surface area contributed by atoms with Crippen LogP contribution in [0.4, 0.5) is 0 Å². The van der Waals surface area contributed by atoms with Crippen molar-refractivity contribution in [3.05, 3.63) is 23.9 Å². The van der Waals surface area contributed by atoms with Gasteiger partial charge < -0.3 is 14.2 Å². The Morgan fingerprint density at radius 1 is 1.12 bits per heavy atom. The van der Waals surface area contributed by atoms with Gasteiger partial charge in [0.05, 0.1) is 23.3 Å². The number of aromatic nitrogens is 2. The van der Waals surface area contributed by atoms with Crippen molar-refractivity contribution < 1.29 is 14.1 Å². The molecule has 0 unspecified atom stereocenters. The van der Waals surface area contributed by atoms with Crippen molar-refractivity contribution in [2.24, 2.45) is 0 Å². The van der Waals surface area contributed by atoms with Crippen molar-refractivity contribution in [2.75, 3.05) is 13.6 Å². The lowest BCUT2D eigenvalue weighted by atomic mass is 9.78. The first-order valence-corrected chi connectivity index (χ1v) is 8.31. The Morgan fingerprint density at radius 3 is 2.46 bits per heavy atom. The third-order valence-electron chi connectivity index (χ3n) is 5.48. The smallest absolute Gasteiger partial charge is 0.399 e. The minimum Gasteiger partial charge on any atom is -0.399 e. The van der Waals surface area contributed by atoms with E-state index in [0.717, 1.165) is 22.9 Å². The SMILES string of the molecule is CN1CCn2nc3ccc(B4OC(C)(C)C(C)(C)O4)cc3c2C1=O. The van der Waals surface area contributed by atoms with Crippen molar-refractivity contribution in [2.45, 2.75) is 45.4 Å². The van der Waals surface area contributed by atoms with Gasteiger partial charge in [0.1, 0.15) is 5.69 Å². The average Bonchev–Trinajstić information content (AvgIpc) is 2.97. The van der Waals surface area contributed by atoms with Crippen LogP contribution in [0.15, 0.2) is 18.2 Å². The van der Waals surface area contributed by atoms with E-state index in [1.165, 1.54) is 0 Å². The highest BCUT2D eigenvalue weighted by Crippen LogP contribution is 2.36. The van der Waals surface area contributed by atoms with E-state index >= 15 is 0 Å². The van der Waals surface area contributed by atoms with Crippen LogP contribution in [-0.2, 0) is 15.9 Å². The van der Waals surface area contributed by atoms with Crippen LogP contribution >= 0.6 is 0 Å². The summed E-state index contributed by atoms with van der Waals surface area (Å²) in [6.45, 7) is 9.54. The number of benzene rings is 1. The lowest BCUT2D eigenvalue weighted by Gasteiger charge is -2.32. The first kappa shape index (κ1) is 15.7. The molecule has 1 aromatic heterocycles. The van der Waals surface area contributed by atoms with Crippen molar-refractivity contribution in [1.82, 2.24) is 14.7 Å². The van der Waals surface area contributed by atoms with E-state index < -0.39 is 7.12 Å². The van der Waals surface area contributed by atoms with Gasteiger partial charge in [-0.15, -0.1) is 0 Å². The molecule has 1 fully saturated rings. The Balaban J connectivity index is 1.79. The molecule has 3 heterocycles. The van der Waals surface area contributed by atoms with Gasteiger partial charge in [0.25, 0.3) is 5.91 Å². The zero-order valence-corrected chi connectivity index (χ0v) is 14.8. The largest absolute Gasteiger partial charge is 0.494 e. The molecule has 7 heteroatoms. The Bertz CT molecular complexity index is 827. The Hall–Kier alpha value is -1.86. The summed E-state index contributed by atoms with van der Waals surface area (Å²) in [5, 5.41) is 5.41. The summed E-state index contributed by atoms with van der Waals surface area (Å²) in [5.74, 6) is 0.00909. The Morgan fingerprint density at radius 2 is 1.79 bits per heavy atom. The molecule has 0 saturated carbocycles. The fraction of sp³-hybridized carbons (Fsp3) is 0.529. The second kappa shape index (κ2) is 4.83. The van der Waals surface area contributed by atoms with E-state index in [1.807, 2.05) is 52.9 Å². The molecular weight excluding hydrogens is 305 g/mol. The molecule has 24 heavy (non-hydrogen) atoms. The summed E-state index contributed by atoms with van der Waals surface area (Å²) in [4.78, 5) is 14.3. The van der Waals surface area contributed by atoms with Crippen molar-refractivity contribution in [3.63, 3.8) is 0 Å². The van der Waals surface area contributed by atoms with Gasteiger partial charge in [-0.1, -0.05) is 12.1 Å². The molecule has 0 aliphatic carbocycles. The fourth-order valence-electron chi connectivity index (χ4n) is 3.19. The predicted molar refractivity (Wildman–Crippen MR) is 92.4 cm³/mol. The zero-order valence-electron chi connectivity index (χ0n) is 14.8. The monoisotopic (exact) mass is 327 g/mol. The maximum absolute atomic E-state index is 12.5. The second-order valence-electron chi connectivity index (χ2n) is 7.66. The highest BCUT2D eigenvalue weighted by atomic mass is 16.7. The van der Waals surface area contributed by atoms with E-state index in [0.29, 0.717) is 12.2 Å². The van der Waals surface area contributed by atoms with Gasteiger partial charge in [-0.05, 0) is 39.2 Å². The van der Waals surface area contributed by atoms with Gasteiger partial charge in [0, 0.05) is 19.0 Å². The summed E-state index contributed by atoms with van der Waals surface area (Å²) < 4.78 is 14.1. The van der Waals surface area contributed by atoms with Crippen molar-refractivity contribution in [3.8, 4) is 0 Å². The van der Waals surface area contributed by atoms with Crippen LogP contribution in [0.3, 0.4) is 0 Å². The molecule has 1 amide bonds. The molecule has 0 atom stereocenters. The van der Waals surface area contributed by atoms with Crippen LogP contribution in [0.25, 0.3) is 10.9 Å². The van der Waals surface area contributed by atoms with Gasteiger partial charge in [0.2, 0.25) is 0 Å². The van der Waals surface area contributed by atoms with Crippen LogP contribution < -0.4 is 5.46 Å². The van der Waals surface area contributed by atoms with Crippen LogP contribution in [0.2, 0.25) is 0 Å². The number of rotatable bonds is 1. The lowest BCUT2D eigenvalue weighted by Crippen LogP contribution is -2.41. The summed E-state index contributed by atoms with van der Waals surface area (Å²) >= 11 is 0. The number of carbonyl (C=O) groups is 1. The maximum Gasteiger partial charge on any atom is 0.494 e. The summed E-state index contributed by atoms with van der Waals surface area (Å²) in [6, 6.07) is 5.89. The molecule has 2 aliphatic heterocycles. The second-order valence-corrected chi connectivity index (χ2v) is 7.66. The third kappa shape index (κ3) is 2.11. The van der Waals surface area contributed by atoms with Crippen LogP contribution in [0, 0.1) is 0 Å². The molecule has 6 nitrogen and oxygen atoms in total. The molecule has 1 aromatic carbocycles. The maximum atomic E-state index is 12.5. The van der Waals surface area contributed by atoms with Crippen molar-refractivity contribution in [1.29, 1.82) is 0 Å². The number of fused-ring (bicyclic) bond motifs is 3. The number of hydrogen-bond acceptors (Lipinski definition) is 4. The molecule has 1 saturated heterocycles. The number of carbonyl (C=O) groups excluding carboxylic acids is 1. The van der Waals surface area contributed by atoms with Gasteiger partial charge in [-0.2, -0.15) is 5.10 Å². The van der Waals surface area contributed by atoms with E-state index in [9.17, 15) is 4.79 Å². The molecule has 2 aromatic rings. The van der Waals surface area contributed by atoms with E-state index in [1.54, 1.807) is 9.58 Å². The fourth-order valence-corrected chi connectivity index (χ4v) is 3.19. The highest BCUT2D eigenvalue weighted by Gasteiger charge is 2.51. The summed E-state index contributed by atoms with van der Waals surface area (Å²) in [6.07, 6.45) is 0. The minimum atomic E-state index is -0.439. The molecular formula is C17H22BN3O3. The number of nitrogens with zero attached hydrogens (tertiary/aromatic N) is 3. The molecule has 0 spiro atoms. The highest BCUT2D eigenvalue weighted by molar-refractivity contribution is 6.62. The topological polar surface area (TPSA) is 56.6 Å². The third-order valence-corrected chi connectivity index (χ3v) is 5.48. The number of hydrogen-bond donors (Lipinski definition) is 0. The average molecular weight is 327 g/mol. The summed E-state index contributed by atoms with van der Waals surface area (Å²) in [7, 11) is 1.38. The standard InChI is InChI=1S/C17H22BN3O3/c1-16(2)17(3,4)24-18(23-16)11-6-7-13-12(10-11)14-15(22)20(5)8-9-21(14)19-13/h6-7,10H,8-9H2,1-5H3. The first-order valence-electron chi connectivity index (χ1n) is 8.31. The number of amides is 1. The van der Waals surface area contributed by atoms with Gasteiger partial charge in [-0.3, -0.25) is 9.48 Å². The molecule has 2 aliphatic rings. The van der Waals surface area contributed by atoms with Gasteiger partial charge >= 0.3 is 7.12 Å². The quantitative estimate of drug-likeness (QED) is 0.744. The molecule has 4 rings (SSSR count). The predicted octanol–water partition coefficient (Wildman–Crippen LogP) is 1.42. The lowest BCUT2D eigenvalue weighted by molar-refractivity contribution is 0.00578. The molecule has 0 N–H and O–H groups in total. The summed E-state index contributed by atoms with van der Waals surface area (Å²) in [5.41, 5.74) is 1.62. The Labute approximate surface area is 141 Å². The van der Waals surface area contributed by atoms with E-state index in [-0.39, 0.29) is 17.1 Å². The Kier molecular flexibility index (Phi) is 3.15. The van der Waals surface area contributed by atoms with Gasteiger partial charge in [-0.25, -0.2) is 0 Å². The van der Waals surface area contributed by atoms with Gasteiger partial charge in [0.15, 0.2) is 0 Å². The van der Waals surface area contributed by atoms with E-state index in [4.69, 9.17) is 9.31 Å². The zero-order chi connectivity index (χ0) is 17.3. The molecule has 126 valence electrons. The van der Waals surface area contributed by atoms with Crippen LogP contribution in [0.1, 0.15) is 38.2 Å². The van der Waals surface area contributed by atoms with Crippen LogP contribution in [-0.4, -0.2) is 52.5 Å². The van der Waals surface area contributed by atoms with E-state index in [2.05, 4.69) is 5.10 Å². The number of likely N-dealkylation sites (N-methyl/N-ethyl adjacent to an activating group) is 1. The first-order chi connectivity index (χ1) is 11.2.